The Morgan fingerprint density at radius 1 is 1.08 bits per heavy atom. The number of anilines is 1. The van der Waals surface area contributed by atoms with Crippen LogP contribution >= 0.6 is 0 Å². The molecule has 6 nitrogen and oxygen atoms in total. The molecule has 0 unspecified atom stereocenters. The van der Waals surface area contributed by atoms with Crippen molar-refractivity contribution in [1.82, 2.24) is 9.80 Å². The fourth-order valence-corrected chi connectivity index (χ4v) is 2.76. The second kappa shape index (κ2) is 8.09. The SMILES string of the molecule is Cc1ccc(F)c(NC(=O)C(=O)N2CCCN(C(=O)C(C)C)CC2)c1. The van der Waals surface area contributed by atoms with Gasteiger partial charge in [0, 0.05) is 32.1 Å². The van der Waals surface area contributed by atoms with E-state index >= 15 is 0 Å². The molecule has 1 aliphatic heterocycles. The maximum absolute atomic E-state index is 13.7. The molecule has 25 heavy (non-hydrogen) atoms. The van der Waals surface area contributed by atoms with Gasteiger partial charge in [-0.2, -0.15) is 0 Å². The molecule has 7 heteroatoms. The Labute approximate surface area is 147 Å². The summed E-state index contributed by atoms with van der Waals surface area (Å²) in [6.07, 6.45) is 0.607. The fraction of sp³-hybridized carbons (Fsp3) is 0.500. The Balaban J connectivity index is 1.99. The number of hydrogen-bond donors (Lipinski definition) is 1. The van der Waals surface area contributed by atoms with Gasteiger partial charge in [-0.25, -0.2) is 4.39 Å². The number of nitrogens with zero attached hydrogens (tertiary/aromatic N) is 2. The number of rotatable bonds is 2. The highest BCUT2D eigenvalue weighted by molar-refractivity contribution is 6.39. The molecule has 3 amide bonds. The molecule has 0 atom stereocenters. The molecule has 1 aliphatic rings. The van der Waals surface area contributed by atoms with Crippen molar-refractivity contribution < 1.29 is 18.8 Å². The van der Waals surface area contributed by atoms with Crippen LogP contribution in [0.3, 0.4) is 0 Å². The minimum Gasteiger partial charge on any atom is -0.341 e. The molecule has 0 aliphatic carbocycles. The van der Waals surface area contributed by atoms with Crippen molar-refractivity contribution >= 4 is 23.4 Å². The molecule has 136 valence electrons. The molecule has 0 radical (unpaired) electrons. The highest BCUT2D eigenvalue weighted by Crippen LogP contribution is 2.16. The molecule has 0 spiro atoms. The first-order valence-corrected chi connectivity index (χ1v) is 8.44. The Bertz CT molecular complexity index is 676. The summed E-state index contributed by atoms with van der Waals surface area (Å²) < 4.78 is 13.7. The number of carbonyl (C=O) groups excluding carboxylic acids is 3. The maximum atomic E-state index is 13.7. The van der Waals surface area contributed by atoms with E-state index in [0.29, 0.717) is 32.6 Å². The zero-order valence-electron chi connectivity index (χ0n) is 14.8. The lowest BCUT2D eigenvalue weighted by molar-refractivity contribution is -0.143. The summed E-state index contributed by atoms with van der Waals surface area (Å²) in [5.41, 5.74) is 0.770. The molecule has 0 bridgehead atoms. The lowest BCUT2D eigenvalue weighted by Crippen LogP contribution is -2.43. The van der Waals surface area contributed by atoms with Gasteiger partial charge in [0.2, 0.25) is 5.91 Å². The van der Waals surface area contributed by atoms with Crippen LogP contribution in [0.5, 0.6) is 0 Å². The average molecular weight is 349 g/mol. The predicted molar refractivity (Wildman–Crippen MR) is 92.4 cm³/mol. The van der Waals surface area contributed by atoms with Gasteiger partial charge >= 0.3 is 11.8 Å². The molecule has 2 rings (SSSR count). The van der Waals surface area contributed by atoms with E-state index in [1.165, 1.54) is 17.0 Å². The summed E-state index contributed by atoms with van der Waals surface area (Å²) in [6, 6.07) is 4.31. The van der Waals surface area contributed by atoms with Crippen LogP contribution in [-0.2, 0) is 14.4 Å². The average Bonchev–Trinajstić information content (AvgIpc) is 2.82. The van der Waals surface area contributed by atoms with Crippen molar-refractivity contribution in [3.8, 4) is 0 Å². The Kier molecular flexibility index (Phi) is 6.12. The van der Waals surface area contributed by atoms with E-state index in [1.807, 2.05) is 13.8 Å². The monoisotopic (exact) mass is 349 g/mol. The molecule has 1 N–H and O–H groups in total. The van der Waals surface area contributed by atoms with Gasteiger partial charge in [-0.05, 0) is 31.0 Å². The van der Waals surface area contributed by atoms with E-state index in [-0.39, 0.29) is 17.5 Å². The van der Waals surface area contributed by atoms with Gasteiger partial charge in [-0.3, -0.25) is 14.4 Å². The normalized spacial score (nSPS) is 15.1. The molecular formula is C18H24FN3O3. The van der Waals surface area contributed by atoms with Gasteiger partial charge in [-0.15, -0.1) is 0 Å². The van der Waals surface area contributed by atoms with Crippen LogP contribution in [0.15, 0.2) is 18.2 Å². The van der Waals surface area contributed by atoms with Crippen LogP contribution in [0.2, 0.25) is 0 Å². The van der Waals surface area contributed by atoms with Crippen molar-refractivity contribution in [2.45, 2.75) is 27.2 Å². The molecule has 0 aromatic heterocycles. The molecule has 1 fully saturated rings. The summed E-state index contributed by atoms with van der Waals surface area (Å²) >= 11 is 0. The van der Waals surface area contributed by atoms with Crippen molar-refractivity contribution in [3.05, 3.63) is 29.6 Å². The molecular weight excluding hydrogens is 325 g/mol. The largest absolute Gasteiger partial charge is 0.341 e. The summed E-state index contributed by atoms with van der Waals surface area (Å²) in [6.45, 7) is 7.08. The second-order valence-corrected chi connectivity index (χ2v) is 6.56. The Morgan fingerprint density at radius 2 is 1.72 bits per heavy atom. The van der Waals surface area contributed by atoms with Crippen LogP contribution in [0, 0.1) is 18.7 Å². The van der Waals surface area contributed by atoms with Crippen molar-refractivity contribution in [1.29, 1.82) is 0 Å². The van der Waals surface area contributed by atoms with Crippen LogP contribution in [-0.4, -0.2) is 53.7 Å². The molecule has 1 saturated heterocycles. The van der Waals surface area contributed by atoms with E-state index in [4.69, 9.17) is 0 Å². The first-order valence-electron chi connectivity index (χ1n) is 8.44. The van der Waals surface area contributed by atoms with Crippen LogP contribution in [0.25, 0.3) is 0 Å². The van der Waals surface area contributed by atoms with Gasteiger partial charge in [-0.1, -0.05) is 19.9 Å². The molecule has 1 aromatic carbocycles. The maximum Gasteiger partial charge on any atom is 0.313 e. The number of carbonyl (C=O) groups is 3. The lowest BCUT2D eigenvalue weighted by atomic mass is 10.2. The Hall–Kier alpha value is -2.44. The quantitative estimate of drug-likeness (QED) is 0.828. The van der Waals surface area contributed by atoms with E-state index < -0.39 is 17.6 Å². The van der Waals surface area contributed by atoms with E-state index in [9.17, 15) is 18.8 Å². The van der Waals surface area contributed by atoms with Gasteiger partial charge < -0.3 is 15.1 Å². The van der Waals surface area contributed by atoms with Gasteiger partial charge in [0.15, 0.2) is 0 Å². The number of halogens is 1. The summed E-state index contributed by atoms with van der Waals surface area (Å²) in [5, 5.41) is 2.34. The summed E-state index contributed by atoms with van der Waals surface area (Å²) in [4.78, 5) is 39.7. The number of nitrogens with one attached hydrogen (secondary N) is 1. The third-order valence-electron chi connectivity index (χ3n) is 4.15. The molecule has 0 saturated carbocycles. The predicted octanol–water partition coefficient (Wildman–Crippen LogP) is 1.79. The van der Waals surface area contributed by atoms with Crippen LogP contribution in [0.4, 0.5) is 10.1 Å². The second-order valence-electron chi connectivity index (χ2n) is 6.56. The number of benzene rings is 1. The molecule has 1 aromatic rings. The summed E-state index contributed by atoms with van der Waals surface area (Å²) in [7, 11) is 0. The number of aryl methyl sites for hydroxylation is 1. The summed E-state index contributed by atoms with van der Waals surface area (Å²) in [5.74, 6) is -2.22. The number of amides is 3. The van der Waals surface area contributed by atoms with Crippen LogP contribution in [0.1, 0.15) is 25.8 Å². The first kappa shape index (κ1) is 18.9. The lowest BCUT2D eigenvalue weighted by Gasteiger charge is -2.23. The van der Waals surface area contributed by atoms with E-state index in [0.717, 1.165) is 5.56 Å². The minimum absolute atomic E-state index is 0.00946. The topological polar surface area (TPSA) is 69.7 Å². The highest BCUT2D eigenvalue weighted by Gasteiger charge is 2.27. The van der Waals surface area contributed by atoms with E-state index in [1.54, 1.807) is 17.9 Å². The van der Waals surface area contributed by atoms with Gasteiger partial charge in [0.1, 0.15) is 5.82 Å². The third kappa shape index (κ3) is 4.78. The number of hydrogen-bond acceptors (Lipinski definition) is 3. The fourth-order valence-electron chi connectivity index (χ4n) is 2.76. The smallest absolute Gasteiger partial charge is 0.313 e. The van der Waals surface area contributed by atoms with Gasteiger partial charge in [0.05, 0.1) is 5.69 Å². The minimum atomic E-state index is -0.867. The van der Waals surface area contributed by atoms with E-state index in [2.05, 4.69) is 5.32 Å². The van der Waals surface area contributed by atoms with Crippen LogP contribution < -0.4 is 5.32 Å². The van der Waals surface area contributed by atoms with Crippen molar-refractivity contribution in [2.24, 2.45) is 5.92 Å². The van der Waals surface area contributed by atoms with Crippen molar-refractivity contribution in [3.63, 3.8) is 0 Å². The third-order valence-corrected chi connectivity index (χ3v) is 4.15. The van der Waals surface area contributed by atoms with Crippen molar-refractivity contribution in [2.75, 3.05) is 31.5 Å². The zero-order valence-corrected chi connectivity index (χ0v) is 14.8. The zero-order chi connectivity index (χ0) is 18.6. The highest BCUT2D eigenvalue weighted by atomic mass is 19.1. The molecule has 1 heterocycles. The Morgan fingerprint density at radius 3 is 2.40 bits per heavy atom. The first-order chi connectivity index (χ1) is 11.8. The van der Waals surface area contributed by atoms with Gasteiger partial charge in [0.25, 0.3) is 0 Å². The standard InChI is InChI=1S/C18H24FN3O3/c1-12(2)17(24)21-7-4-8-22(10-9-21)18(25)16(23)20-15-11-13(3)5-6-14(15)19/h5-6,11-12H,4,7-10H2,1-3H3,(H,20,23).